The summed E-state index contributed by atoms with van der Waals surface area (Å²) in [5, 5.41) is 17.8. The Balaban J connectivity index is 2.83. The third-order valence-electron chi connectivity index (χ3n) is 2.87. The lowest BCUT2D eigenvalue weighted by atomic mass is 10.0. The van der Waals surface area contributed by atoms with E-state index in [2.05, 4.69) is 0 Å². The quantitative estimate of drug-likeness (QED) is 0.819. The molecule has 0 fully saturated rings. The first-order valence-corrected chi connectivity index (χ1v) is 5.50. The number of carboxylic acid groups (broad SMARTS) is 1. The van der Waals surface area contributed by atoms with Gasteiger partial charge in [-0.1, -0.05) is 6.07 Å². The minimum Gasteiger partial charge on any atom is -0.496 e. The fraction of sp³-hybridized carbons (Fsp3) is 0.462. The van der Waals surface area contributed by atoms with Gasteiger partial charge in [-0.05, 0) is 49.4 Å². The normalized spacial score (nSPS) is 12.2. The van der Waals surface area contributed by atoms with Crippen molar-refractivity contribution >= 4 is 5.97 Å². The topological polar surface area (TPSA) is 66.8 Å². The molecule has 1 aromatic rings. The summed E-state index contributed by atoms with van der Waals surface area (Å²) >= 11 is 0. The highest BCUT2D eigenvalue weighted by molar-refractivity contribution is 5.71. The molecule has 1 unspecified atom stereocenters. The van der Waals surface area contributed by atoms with Gasteiger partial charge in [0.25, 0.3) is 0 Å². The van der Waals surface area contributed by atoms with Crippen LogP contribution in [0.5, 0.6) is 5.75 Å². The molecule has 0 aliphatic rings. The number of methoxy groups -OCH3 is 1. The van der Waals surface area contributed by atoms with Gasteiger partial charge >= 0.3 is 5.97 Å². The molecular formula is C13H18O4. The molecule has 0 spiro atoms. The van der Waals surface area contributed by atoms with Gasteiger partial charge in [0.15, 0.2) is 6.10 Å². The largest absolute Gasteiger partial charge is 0.496 e. The summed E-state index contributed by atoms with van der Waals surface area (Å²) in [5.41, 5.74) is 3.19. The van der Waals surface area contributed by atoms with Crippen LogP contribution in [0.2, 0.25) is 0 Å². The Labute approximate surface area is 101 Å². The second-order valence-electron chi connectivity index (χ2n) is 4.14. The van der Waals surface area contributed by atoms with E-state index < -0.39 is 12.1 Å². The number of aliphatic hydroxyl groups excluding tert-OH is 1. The number of benzene rings is 1. The van der Waals surface area contributed by atoms with Gasteiger partial charge in [0.2, 0.25) is 0 Å². The fourth-order valence-electron chi connectivity index (χ4n) is 1.65. The molecule has 4 heteroatoms. The third kappa shape index (κ3) is 3.46. The molecule has 0 radical (unpaired) electrons. The Hall–Kier alpha value is -1.55. The molecular weight excluding hydrogens is 220 g/mol. The standard InChI is InChI=1S/C13H18O4/c1-8-6-10(4-5-11(14)13(15)16)12(17-3)7-9(8)2/h6-7,11,14H,4-5H2,1-3H3,(H,15,16). The number of aliphatic hydroxyl groups is 1. The summed E-state index contributed by atoms with van der Waals surface area (Å²) in [7, 11) is 1.58. The lowest BCUT2D eigenvalue weighted by molar-refractivity contribution is -0.146. The lowest BCUT2D eigenvalue weighted by Crippen LogP contribution is -2.20. The van der Waals surface area contributed by atoms with E-state index in [9.17, 15) is 9.90 Å². The van der Waals surface area contributed by atoms with E-state index in [1.165, 1.54) is 0 Å². The molecule has 1 atom stereocenters. The maximum Gasteiger partial charge on any atom is 0.332 e. The van der Waals surface area contributed by atoms with Gasteiger partial charge < -0.3 is 14.9 Å². The first kappa shape index (κ1) is 13.5. The van der Waals surface area contributed by atoms with Crippen LogP contribution >= 0.6 is 0 Å². The Morgan fingerprint density at radius 1 is 1.35 bits per heavy atom. The molecule has 0 aromatic heterocycles. The van der Waals surface area contributed by atoms with Crippen LogP contribution in [0.3, 0.4) is 0 Å². The summed E-state index contributed by atoms with van der Waals surface area (Å²) in [6.07, 6.45) is -0.646. The first-order valence-electron chi connectivity index (χ1n) is 5.50. The van der Waals surface area contributed by atoms with Crippen molar-refractivity contribution in [2.75, 3.05) is 7.11 Å². The van der Waals surface area contributed by atoms with Crippen LogP contribution in [0.15, 0.2) is 12.1 Å². The van der Waals surface area contributed by atoms with E-state index >= 15 is 0 Å². The second-order valence-corrected chi connectivity index (χ2v) is 4.14. The smallest absolute Gasteiger partial charge is 0.332 e. The van der Waals surface area contributed by atoms with Crippen LogP contribution in [0.25, 0.3) is 0 Å². The van der Waals surface area contributed by atoms with Crippen molar-refractivity contribution < 1.29 is 19.7 Å². The van der Waals surface area contributed by atoms with Crippen LogP contribution in [-0.4, -0.2) is 29.4 Å². The molecule has 0 amide bonds. The van der Waals surface area contributed by atoms with Crippen molar-refractivity contribution in [1.82, 2.24) is 0 Å². The Morgan fingerprint density at radius 3 is 2.47 bits per heavy atom. The maximum atomic E-state index is 10.5. The van der Waals surface area contributed by atoms with Crippen molar-refractivity contribution in [1.29, 1.82) is 0 Å². The average Bonchev–Trinajstić information content (AvgIpc) is 2.29. The number of aryl methyl sites for hydroxylation is 3. The number of carboxylic acids is 1. The highest BCUT2D eigenvalue weighted by Gasteiger charge is 2.14. The molecule has 17 heavy (non-hydrogen) atoms. The maximum absolute atomic E-state index is 10.5. The number of aliphatic carboxylic acids is 1. The van der Waals surface area contributed by atoms with E-state index in [0.29, 0.717) is 6.42 Å². The average molecular weight is 238 g/mol. The number of carbonyl (C=O) groups is 1. The van der Waals surface area contributed by atoms with Gasteiger partial charge in [-0.15, -0.1) is 0 Å². The van der Waals surface area contributed by atoms with E-state index in [1.54, 1.807) is 7.11 Å². The van der Waals surface area contributed by atoms with E-state index in [1.807, 2.05) is 26.0 Å². The Bertz CT molecular complexity index is 412. The summed E-state index contributed by atoms with van der Waals surface area (Å²) < 4.78 is 5.24. The van der Waals surface area contributed by atoms with Crippen LogP contribution in [0.1, 0.15) is 23.1 Å². The van der Waals surface area contributed by atoms with Crippen LogP contribution in [0.4, 0.5) is 0 Å². The van der Waals surface area contributed by atoms with Crippen LogP contribution < -0.4 is 4.74 Å². The molecule has 0 saturated carbocycles. The Morgan fingerprint density at radius 2 is 1.94 bits per heavy atom. The SMILES string of the molecule is COc1cc(C)c(C)cc1CCC(O)C(=O)O. The zero-order chi connectivity index (χ0) is 13.0. The van der Waals surface area contributed by atoms with E-state index in [0.717, 1.165) is 22.4 Å². The van der Waals surface area contributed by atoms with Gasteiger partial charge in [0.05, 0.1) is 7.11 Å². The van der Waals surface area contributed by atoms with E-state index in [4.69, 9.17) is 9.84 Å². The minimum atomic E-state index is -1.32. The predicted octanol–water partition coefficient (Wildman–Crippen LogP) is 1.69. The summed E-state index contributed by atoms with van der Waals surface area (Å²) in [5.74, 6) is -0.446. The highest BCUT2D eigenvalue weighted by atomic mass is 16.5. The second kappa shape index (κ2) is 5.68. The zero-order valence-corrected chi connectivity index (χ0v) is 10.4. The highest BCUT2D eigenvalue weighted by Crippen LogP contribution is 2.24. The third-order valence-corrected chi connectivity index (χ3v) is 2.87. The minimum absolute atomic E-state index is 0.189. The van der Waals surface area contributed by atoms with Crippen molar-refractivity contribution in [2.45, 2.75) is 32.8 Å². The van der Waals surface area contributed by atoms with Gasteiger partial charge in [-0.2, -0.15) is 0 Å². The number of rotatable bonds is 5. The van der Waals surface area contributed by atoms with Gasteiger partial charge in [-0.3, -0.25) is 0 Å². The van der Waals surface area contributed by atoms with Crippen molar-refractivity contribution in [2.24, 2.45) is 0 Å². The van der Waals surface area contributed by atoms with Crippen molar-refractivity contribution in [3.63, 3.8) is 0 Å². The molecule has 4 nitrogen and oxygen atoms in total. The van der Waals surface area contributed by atoms with Crippen molar-refractivity contribution in [3.8, 4) is 5.75 Å². The first-order chi connectivity index (χ1) is 7.95. The molecule has 0 bridgehead atoms. The number of hydrogen-bond acceptors (Lipinski definition) is 3. The zero-order valence-electron chi connectivity index (χ0n) is 10.4. The fourth-order valence-corrected chi connectivity index (χ4v) is 1.65. The summed E-state index contributed by atoms with van der Waals surface area (Å²) in [4.78, 5) is 10.5. The molecule has 0 aliphatic carbocycles. The molecule has 1 aromatic carbocycles. The lowest BCUT2D eigenvalue weighted by Gasteiger charge is -2.12. The van der Waals surface area contributed by atoms with Gasteiger partial charge in [-0.25, -0.2) is 4.79 Å². The van der Waals surface area contributed by atoms with Crippen molar-refractivity contribution in [3.05, 3.63) is 28.8 Å². The van der Waals surface area contributed by atoms with Crippen LogP contribution in [0, 0.1) is 13.8 Å². The molecule has 2 N–H and O–H groups in total. The van der Waals surface area contributed by atoms with Crippen LogP contribution in [-0.2, 0) is 11.2 Å². The molecule has 94 valence electrons. The van der Waals surface area contributed by atoms with Gasteiger partial charge in [0.1, 0.15) is 5.75 Å². The number of hydrogen-bond donors (Lipinski definition) is 2. The summed E-state index contributed by atoms with van der Waals surface area (Å²) in [6.45, 7) is 3.99. The van der Waals surface area contributed by atoms with Gasteiger partial charge in [0, 0.05) is 0 Å². The molecule has 0 heterocycles. The number of ether oxygens (including phenoxy) is 1. The molecule has 1 rings (SSSR count). The molecule has 0 aliphatic heterocycles. The molecule has 0 saturated heterocycles. The Kier molecular flexibility index (Phi) is 4.52. The summed E-state index contributed by atoms with van der Waals surface area (Å²) in [6, 6.07) is 3.90. The van der Waals surface area contributed by atoms with E-state index in [-0.39, 0.29) is 6.42 Å². The predicted molar refractivity (Wildman–Crippen MR) is 64.4 cm³/mol. The monoisotopic (exact) mass is 238 g/mol.